The number of halogens is 2. The third-order valence-corrected chi connectivity index (χ3v) is 4.15. The van der Waals surface area contributed by atoms with Gasteiger partial charge in [-0.1, -0.05) is 35.3 Å². The first-order valence-electron chi connectivity index (χ1n) is 6.79. The molecule has 0 radical (unpaired) electrons. The van der Waals surface area contributed by atoms with E-state index in [0.29, 0.717) is 32.3 Å². The minimum absolute atomic E-state index is 0.0299. The van der Waals surface area contributed by atoms with E-state index in [1.807, 2.05) is 6.07 Å². The monoisotopic (exact) mass is 343 g/mol. The van der Waals surface area contributed by atoms with Crippen LogP contribution >= 0.6 is 23.2 Å². The molecule has 1 heterocycles. The molecule has 0 saturated carbocycles. The van der Waals surface area contributed by atoms with Crippen molar-refractivity contribution in [3.63, 3.8) is 0 Å². The van der Waals surface area contributed by atoms with Crippen LogP contribution in [0.3, 0.4) is 0 Å². The summed E-state index contributed by atoms with van der Waals surface area (Å²) in [5, 5.41) is 14.0. The van der Waals surface area contributed by atoms with E-state index < -0.39 is 5.56 Å². The van der Waals surface area contributed by atoms with E-state index in [9.17, 15) is 10.1 Å². The van der Waals surface area contributed by atoms with Gasteiger partial charge in [0.1, 0.15) is 11.6 Å². The molecule has 6 heteroatoms. The molecule has 0 atom stereocenters. The van der Waals surface area contributed by atoms with Gasteiger partial charge < -0.3 is 5.32 Å². The van der Waals surface area contributed by atoms with Gasteiger partial charge in [0, 0.05) is 17.5 Å². The van der Waals surface area contributed by atoms with Gasteiger partial charge in [-0.3, -0.25) is 9.36 Å². The Morgan fingerprint density at radius 3 is 2.57 bits per heavy atom. The maximum atomic E-state index is 12.9. The number of hydrogen-bond donors (Lipinski definition) is 1. The van der Waals surface area contributed by atoms with E-state index in [-0.39, 0.29) is 5.56 Å². The van der Waals surface area contributed by atoms with Crippen LogP contribution in [-0.4, -0.2) is 11.6 Å². The summed E-state index contributed by atoms with van der Waals surface area (Å²) in [5.74, 6) is 0. The second-order valence-electron chi connectivity index (χ2n) is 4.87. The van der Waals surface area contributed by atoms with Crippen molar-refractivity contribution in [2.75, 3.05) is 12.4 Å². The highest BCUT2D eigenvalue weighted by Crippen LogP contribution is 2.30. The van der Waals surface area contributed by atoms with Crippen LogP contribution in [0.15, 0.2) is 47.3 Å². The van der Waals surface area contributed by atoms with Gasteiger partial charge in [0.2, 0.25) is 0 Å². The molecule has 0 aliphatic rings. The number of nitrogens with one attached hydrogen (secondary N) is 1. The Morgan fingerprint density at radius 2 is 1.91 bits per heavy atom. The molecule has 4 nitrogen and oxygen atoms in total. The highest BCUT2D eigenvalue weighted by atomic mass is 35.5. The van der Waals surface area contributed by atoms with E-state index in [1.54, 1.807) is 49.5 Å². The van der Waals surface area contributed by atoms with Crippen molar-refractivity contribution in [3.05, 3.63) is 68.4 Å². The van der Waals surface area contributed by atoms with Crippen LogP contribution in [0.25, 0.3) is 16.6 Å². The molecule has 0 bridgehead atoms. The Bertz CT molecular complexity index is 1020. The zero-order valence-corrected chi connectivity index (χ0v) is 13.6. The molecule has 0 saturated heterocycles. The molecular formula is C17H11Cl2N3O. The van der Waals surface area contributed by atoms with Crippen LogP contribution in [0.5, 0.6) is 0 Å². The molecule has 23 heavy (non-hydrogen) atoms. The van der Waals surface area contributed by atoms with Crippen LogP contribution < -0.4 is 10.9 Å². The van der Waals surface area contributed by atoms with E-state index in [1.165, 1.54) is 4.57 Å². The van der Waals surface area contributed by atoms with Crippen LogP contribution in [0.2, 0.25) is 10.0 Å². The third-order valence-electron chi connectivity index (χ3n) is 3.59. The molecule has 0 unspecified atom stereocenters. The zero-order valence-electron chi connectivity index (χ0n) is 12.1. The highest BCUT2D eigenvalue weighted by Gasteiger charge is 2.18. The van der Waals surface area contributed by atoms with Gasteiger partial charge in [-0.15, -0.1) is 0 Å². The van der Waals surface area contributed by atoms with Gasteiger partial charge in [0.05, 0.1) is 21.9 Å². The van der Waals surface area contributed by atoms with Crippen LogP contribution in [-0.2, 0) is 0 Å². The zero-order chi connectivity index (χ0) is 16.6. The average molecular weight is 344 g/mol. The number of nitrogens with zero attached hydrogens (tertiary/aromatic N) is 2. The minimum atomic E-state index is -0.445. The molecule has 3 aromatic rings. The number of fused-ring (bicyclic) bond motifs is 1. The summed E-state index contributed by atoms with van der Waals surface area (Å²) in [6.45, 7) is 0. The SMILES string of the molecule is CNc1c(C#N)c(=O)n(-c2ccccc2Cl)c2cc(Cl)ccc12. The summed E-state index contributed by atoms with van der Waals surface area (Å²) in [5.41, 5.74) is 1.15. The van der Waals surface area contributed by atoms with Crippen molar-refractivity contribution in [2.24, 2.45) is 0 Å². The van der Waals surface area contributed by atoms with Gasteiger partial charge in [0.15, 0.2) is 0 Å². The number of benzene rings is 2. The fourth-order valence-corrected chi connectivity index (χ4v) is 2.99. The maximum absolute atomic E-state index is 12.9. The Labute approximate surface area is 142 Å². The summed E-state index contributed by atoms with van der Waals surface area (Å²) in [7, 11) is 1.67. The normalized spacial score (nSPS) is 10.5. The topological polar surface area (TPSA) is 57.8 Å². The van der Waals surface area contributed by atoms with Gasteiger partial charge in [-0.2, -0.15) is 5.26 Å². The fraction of sp³-hybridized carbons (Fsp3) is 0.0588. The number of para-hydroxylation sites is 1. The van der Waals surface area contributed by atoms with E-state index in [0.717, 1.165) is 0 Å². The molecule has 1 aromatic heterocycles. The van der Waals surface area contributed by atoms with Crippen LogP contribution in [0.4, 0.5) is 5.69 Å². The number of nitriles is 1. The van der Waals surface area contributed by atoms with Crippen molar-refractivity contribution in [3.8, 4) is 11.8 Å². The van der Waals surface area contributed by atoms with E-state index in [2.05, 4.69) is 5.32 Å². The largest absolute Gasteiger partial charge is 0.386 e. The lowest BCUT2D eigenvalue weighted by molar-refractivity contribution is 1.03. The van der Waals surface area contributed by atoms with E-state index >= 15 is 0 Å². The minimum Gasteiger partial charge on any atom is -0.386 e. The molecule has 0 spiro atoms. The Balaban J connectivity index is 2.59. The van der Waals surface area contributed by atoms with E-state index in [4.69, 9.17) is 23.2 Å². The Morgan fingerprint density at radius 1 is 1.17 bits per heavy atom. The summed E-state index contributed by atoms with van der Waals surface area (Å²) in [6.07, 6.45) is 0. The molecule has 2 aromatic carbocycles. The number of anilines is 1. The Hall–Kier alpha value is -2.48. The highest BCUT2D eigenvalue weighted by molar-refractivity contribution is 6.32. The lowest BCUT2D eigenvalue weighted by Crippen LogP contribution is -2.23. The van der Waals surface area contributed by atoms with Crippen molar-refractivity contribution >= 4 is 39.8 Å². The summed E-state index contributed by atoms with van der Waals surface area (Å²) in [4.78, 5) is 12.9. The van der Waals surface area contributed by atoms with Crippen molar-refractivity contribution in [1.29, 1.82) is 5.26 Å². The molecular weight excluding hydrogens is 333 g/mol. The van der Waals surface area contributed by atoms with Gasteiger partial charge >= 0.3 is 0 Å². The van der Waals surface area contributed by atoms with Crippen molar-refractivity contribution < 1.29 is 0 Å². The van der Waals surface area contributed by atoms with Crippen molar-refractivity contribution in [2.45, 2.75) is 0 Å². The van der Waals surface area contributed by atoms with Crippen molar-refractivity contribution in [1.82, 2.24) is 4.57 Å². The number of rotatable bonds is 2. The molecule has 0 amide bonds. The summed E-state index contributed by atoms with van der Waals surface area (Å²) in [6, 6.07) is 14.1. The lowest BCUT2D eigenvalue weighted by atomic mass is 10.1. The van der Waals surface area contributed by atoms with Crippen LogP contribution in [0.1, 0.15) is 5.56 Å². The number of pyridine rings is 1. The third kappa shape index (κ3) is 2.44. The molecule has 114 valence electrons. The number of aromatic nitrogens is 1. The molecule has 0 aliphatic heterocycles. The number of hydrogen-bond acceptors (Lipinski definition) is 3. The summed E-state index contributed by atoms with van der Waals surface area (Å²) < 4.78 is 1.42. The first-order valence-corrected chi connectivity index (χ1v) is 7.55. The second-order valence-corrected chi connectivity index (χ2v) is 5.71. The second kappa shape index (κ2) is 5.96. The average Bonchev–Trinajstić information content (AvgIpc) is 2.55. The predicted octanol–water partition coefficient (Wildman–Crippen LogP) is 4.21. The quantitative estimate of drug-likeness (QED) is 0.758. The fourth-order valence-electron chi connectivity index (χ4n) is 2.60. The molecule has 1 N–H and O–H groups in total. The molecule has 3 rings (SSSR count). The predicted molar refractivity (Wildman–Crippen MR) is 93.8 cm³/mol. The van der Waals surface area contributed by atoms with Gasteiger partial charge in [-0.05, 0) is 30.3 Å². The van der Waals surface area contributed by atoms with Gasteiger partial charge in [-0.25, -0.2) is 0 Å². The lowest BCUT2D eigenvalue weighted by Gasteiger charge is -2.16. The molecule has 0 fully saturated rings. The Kier molecular flexibility index (Phi) is 3.99. The first kappa shape index (κ1) is 15.4. The van der Waals surface area contributed by atoms with Gasteiger partial charge in [0.25, 0.3) is 5.56 Å². The van der Waals surface area contributed by atoms with Crippen LogP contribution in [0, 0.1) is 11.3 Å². The first-order chi connectivity index (χ1) is 11.1. The standard InChI is InChI=1S/C17H11Cl2N3O/c1-21-16-11-7-6-10(18)8-15(11)22(17(23)12(16)9-20)14-5-3-2-4-13(14)19/h2-8,21H,1H3. The summed E-state index contributed by atoms with van der Waals surface area (Å²) >= 11 is 12.4. The molecule has 0 aliphatic carbocycles. The smallest absolute Gasteiger partial charge is 0.275 e. The maximum Gasteiger partial charge on any atom is 0.275 e.